The topological polar surface area (TPSA) is 49.9 Å². The Balaban J connectivity index is 2.68. The van der Waals surface area contributed by atoms with Crippen molar-refractivity contribution in [1.82, 2.24) is 9.80 Å². The van der Waals surface area contributed by atoms with Gasteiger partial charge in [-0.3, -0.25) is 9.69 Å². The van der Waals surface area contributed by atoms with E-state index < -0.39 is 6.23 Å². The molecule has 0 aromatic carbocycles. The van der Waals surface area contributed by atoms with E-state index in [2.05, 4.69) is 0 Å². The van der Waals surface area contributed by atoms with Crippen LogP contribution in [0.15, 0.2) is 0 Å². The second kappa shape index (κ2) is 4.72. The lowest BCUT2D eigenvalue weighted by molar-refractivity contribution is -0.163. The standard InChI is InChI=1S/C11H20N2O3/c1-7(2)10(14)16-9-6-8(3)12(4)11(15)13(9)5/h7-9H,6H2,1-5H3. The lowest BCUT2D eigenvalue weighted by Crippen LogP contribution is -2.56. The maximum atomic E-state index is 11.8. The SMILES string of the molecule is CC(C)C(=O)OC1CC(C)N(C)C(=O)N1C. The first kappa shape index (κ1) is 12.8. The zero-order valence-corrected chi connectivity index (χ0v) is 10.6. The molecule has 0 radical (unpaired) electrons. The van der Waals surface area contributed by atoms with Crippen molar-refractivity contribution in [3.63, 3.8) is 0 Å². The lowest BCUT2D eigenvalue weighted by atomic mass is 10.1. The van der Waals surface area contributed by atoms with Crippen LogP contribution in [-0.2, 0) is 9.53 Å². The number of amides is 2. The zero-order chi connectivity index (χ0) is 12.5. The third kappa shape index (κ3) is 2.46. The zero-order valence-electron chi connectivity index (χ0n) is 10.6. The van der Waals surface area contributed by atoms with Crippen LogP contribution in [0.25, 0.3) is 0 Å². The number of urea groups is 1. The normalized spacial score (nSPS) is 26.2. The van der Waals surface area contributed by atoms with E-state index in [0.717, 1.165) is 0 Å². The molecular formula is C11H20N2O3. The van der Waals surface area contributed by atoms with Gasteiger partial charge in [-0.2, -0.15) is 0 Å². The first-order valence-electron chi connectivity index (χ1n) is 5.54. The molecule has 0 aromatic rings. The highest BCUT2D eigenvalue weighted by Crippen LogP contribution is 2.20. The van der Waals surface area contributed by atoms with Gasteiger partial charge in [0, 0.05) is 26.6 Å². The van der Waals surface area contributed by atoms with Gasteiger partial charge < -0.3 is 9.64 Å². The molecular weight excluding hydrogens is 208 g/mol. The van der Waals surface area contributed by atoms with Crippen molar-refractivity contribution in [2.45, 2.75) is 39.5 Å². The summed E-state index contributed by atoms with van der Waals surface area (Å²) in [4.78, 5) is 26.4. The van der Waals surface area contributed by atoms with E-state index in [0.29, 0.717) is 6.42 Å². The highest BCUT2D eigenvalue weighted by Gasteiger charge is 2.35. The van der Waals surface area contributed by atoms with Crippen molar-refractivity contribution < 1.29 is 14.3 Å². The van der Waals surface area contributed by atoms with E-state index in [1.165, 1.54) is 4.90 Å². The van der Waals surface area contributed by atoms with E-state index in [1.54, 1.807) is 32.8 Å². The largest absolute Gasteiger partial charge is 0.441 e. The lowest BCUT2D eigenvalue weighted by Gasteiger charge is -2.41. The van der Waals surface area contributed by atoms with Gasteiger partial charge in [-0.25, -0.2) is 4.79 Å². The van der Waals surface area contributed by atoms with Gasteiger partial charge in [0.2, 0.25) is 0 Å². The molecule has 0 N–H and O–H groups in total. The highest BCUT2D eigenvalue weighted by molar-refractivity contribution is 5.76. The van der Waals surface area contributed by atoms with Crippen LogP contribution in [0.5, 0.6) is 0 Å². The van der Waals surface area contributed by atoms with Gasteiger partial charge in [-0.1, -0.05) is 13.8 Å². The fourth-order valence-electron chi connectivity index (χ4n) is 1.57. The monoisotopic (exact) mass is 228 g/mol. The molecule has 2 unspecified atom stereocenters. The summed E-state index contributed by atoms with van der Waals surface area (Å²) in [6, 6.07) is -0.0195. The molecule has 2 amide bonds. The summed E-state index contributed by atoms with van der Waals surface area (Å²) in [6.07, 6.45) is 0.214. The molecule has 0 saturated carbocycles. The molecule has 0 aromatic heterocycles. The van der Waals surface area contributed by atoms with E-state index in [4.69, 9.17) is 4.74 Å². The van der Waals surface area contributed by atoms with Gasteiger partial charge in [-0.05, 0) is 6.92 Å². The quantitative estimate of drug-likeness (QED) is 0.669. The predicted molar refractivity (Wildman–Crippen MR) is 59.7 cm³/mol. The molecule has 5 nitrogen and oxygen atoms in total. The van der Waals surface area contributed by atoms with Crippen molar-refractivity contribution in [1.29, 1.82) is 0 Å². The molecule has 5 heteroatoms. The number of rotatable bonds is 2. The smallest absolute Gasteiger partial charge is 0.322 e. The number of esters is 1. The fourth-order valence-corrected chi connectivity index (χ4v) is 1.57. The Hall–Kier alpha value is -1.26. The first-order valence-corrected chi connectivity index (χ1v) is 5.54. The minimum absolute atomic E-state index is 0.0914. The third-order valence-electron chi connectivity index (χ3n) is 2.96. The maximum Gasteiger partial charge on any atom is 0.322 e. The summed E-state index contributed by atoms with van der Waals surface area (Å²) < 4.78 is 5.29. The number of carbonyl (C=O) groups excluding carboxylic acids is 2. The van der Waals surface area contributed by atoms with Crippen molar-refractivity contribution in [3.8, 4) is 0 Å². The summed E-state index contributed by atoms with van der Waals surface area (Å²) >= 11 is 0. The Kier molecular flexibility index (Phi) is 3.78. The second-order valence-electron chi connectivity index (χ2n) is 4.64. The molecule has 0 spiro atoms. The fraction of sp³-hybridized carbons (Fsp3) is 0.818. The van der Waals surface area contributed by atoms with Gasteiger partial charge in [-0.15, -0.1) is 0 Å². The van der Waals surface area contributed by atoms with Gasteiger partial charge in [0.25, 0.3) is 0 Å². The molecule has 0 aliphatic carbocycles. The summed E-state index contributed by atoms with van der Waals surface area (Å²) in [5, 5.41) is 0. The minimum Gasteiger partial charge on any atom is -0.441 e. The third-order valence-corrected chi connectivity index (χ3v) is 2.96. The summed E-state index contributed by atoms with van der Waals surface area (Å²) in [5.74, 6) is -0.431. The van der Waals surface area contributed by atoms with Crippen LogP contribution in [0.4, 0.5) is 4.79 Å². The molecule has 1 aliphatic heterocycles. The van der Waals surface area contributed by atoms with Crippen LogP contribution in [0.1, 0.15) is 27.2 Å². The van der Waals surface area contributed by atoms with Crippen LogP contribution in [-0.4, -0.2) is 48.2 Å². The molecule has 92 valence electrons. The highest BCUT2D eigenvalue weighted by atomic mass is 16.6. The van der Waals surface area contributed by atoms with Gasteiger partial charge in [0.05, 0.1) is 5.92 Å². The van der Waals surface area contributed by atoms with Crippen LogP contribution in [0.2, 0.25) is 0 Å². The maximum absolute atomic E-state index is 11.8. The van der Waals surface area contributed by atoms with Crippen LogP contribution < -0.4 is 0 Å². The molecule has 1 aliphatic rings. The molecule has 0 bridgehead atoms. The second-order valence-corrected chi connectivity index (χ2v) is 4.64. The predicted octanol–water partition coefficient (Wildman–Crippen LogP) is 1.29. The van der Waals surface area contributed by atoms with E-state index >= 15 is 0 Å². The molecule has 1 rings (SSSR count). The average Bonchev–Trinajstić information content (AvgIpc) is 2.22. The molecule has 1 saturated heterocycles. The van der Waals surface area contributed by atoms with Crippen molar-refractivity contribution in [2.75, 3.05) is 14.1 Å². The summed E-state index contributed by atoms with van der Waals surface area (Å²) in [7, 11) is 3.41. The molecule has 16 heavy (non-hydrogen) atoms. The number of nitrogens with zero attached hydrogens (tertiary/aromatic N) is 2. The first-order chi connectivity index (χ1) is 7.34. The number of hydrogen-bond acceptors (Lipinski definition) is 3. The molecule has 1 fully saturated rings. The van der Waals surface area contributed by atoms with Crippen LogP contribution in [0, 0.1) is 5.92 Å². The Labute approximate surface area is 96.3 Å². The van der Waals surface area contributed by atoms with E-state index in [-0.39, 0.29) is 24.0 Å². The number of ether oxygens (including phenoxy) is 1. The summed E-state index contributed by atoms with van der Waals surface area (Å²) in [5.41, 5.74) is 0. The Morgan fingerprint density at radius 1 is 1.38 bits per heavy atom. The van der Waals surface area contributed by atoms with E-state index in [1.807, 2.05) is 6.92 Å². The Morgan fingerprint density at radius 2 is 1.94 bits per heavy atom. The molecule has 1 heterocycles. The van der Waals surface area contributed by atoms with E-state index in [9.17, 15) is 9.59 Å². The minimum atomic E-state index is -0.436. The Morgan fingerprint density at radius 3 is 2.44 bits per heavy atom. The van der Waals surface area contributed by atoms with Crippen LogP contribution >= 0.6 is 0 Å². The number of carbonyl (C=O) groups is 2. The van der Waals surface area contributed by atoms with Crippen molar-refractivity contribution >= 4 is 12.0 Å². The summed E-state index contributed by atoms with van der Waals surface area (Å²) in [6.45, 7) is 5.51. The Bertz CT molecular complexity index is 291. The van der Waals surface area contributed by atoms with Gasteiger partial charge >= 0.3 is 12.0 Å². The molecule has 2 atom stereocenters. The van der Waals surface area contributed by atoms with Crippen LogP contribution in [0.3, 0.4) is 0 Å². The van der Waals surface area contributed by atoms with Gasteiger partial charge in [0.1, 0.15) is 0 Å². The average molecular weight is 228 g/mol. The number of hydrogen-bond donors (Lipinski definition) is 0. The van der Waals surface area contributed by atoms with Gasteiger partial charge in [0.15, 0.2) is 6.23 Å². The van der Waals surface area contributed by atoms with Crippen molar-refractivity contribution in [2.24, 2.45) is 5.92 Å². The van der Waals surface area contributed by atoms with Crippen molar-refractivity contribution in [3.05, 3.63) is 0 Å².